The fourth-order valence-electron chi connectivity index (χ4n) is 2.27. The number of rotatable bonds is 5. The van der Waals surface area contributed by atoms with Crippen molar-refractivity contribution in [3.63, 3.8) is 0 Å². The fourth-order valence-corrected chi connectivity index (χ4v) is 3.14. The largest absolute Gasteiger partial charge is 0.493 e. The number of azo groups is 1. The number of carbonyl (C=O) groups is 3. The van der Waals surface area contributed by atoms with Crippen LogP contribution in [0.1, 0.15) is 6.42 Å². The predicted molar refractivity (Wildman–Crippen MR) is 93.6 cm³/mol. The second-order valence-electron chi connectivity index (χ2n) is 5.28. The zero-order chi connectivity index (χ0) is 18.7. The van der Waals surface area contributed by atoms with E-state index in [-0.39, 0.29) is 23.2 Å². The smallest absolute Gasteiger partial charge is 0.322 e. The maximum absolute atomic E-state index is 11.8. The monoisotopic (exact) mass is 375 g/mol. The molecule has 0 unspecified atom stereocenters. The van der Waals surface area contributed by atoms with Gasteiger partial charge >= 0.3 is 5.97 Å². The topological polar surface area (TPSA) is 157 Å². The minimum atomic E-state index is -1.17. The Hall–Kier alpha value is -3.21. The van der Waals surface area contributed by atoms with Crippen molar-refractivity contribution in [3.8, 4) is 5.88 Å². The molecule has 1 atom stereocenters. The van der Waals surface area contributed by atoms with Crippen LogP contribution in [0.2, 0.25) is 0 Å². The van der Waals surface area contributed by atoms with E-state index in [2.05, 4.69) is 25.5 Å². The van der Waals surface area contributed by atoms with Crippen molar-refractivity contribution >= 4 is 51.3 Å². The minimum absolute atomic E-state index is 0.0655. The number of carboxylic acids is 1. The summed E-state index contributed by atoms with van der Waals surface area (Å²) in [4.78, 5) is 40.3. The van der Waals surface area contributed by atoms with Crippen LogP contribution in [0.5, 0.6) is 5.88 Å². The first-order valence-corrected chi connectivity index (χ1v) is 8.31. The third-order valence-electron chi connectivity index (χ3n) is 3.43. The van der Waals surface area contributed by atoms with Crippen LogP contribution in [0.25, 0.3) is 10.9 Å². The average molecular weight is 375 g/mol. The van der Waals surface area contributed by atoms with Crippen LogP contribution >= 0.6 is 11.8 Å². The van der Waals surface area contributed by atoms with Gasteiger partial charge in [0.15, 0.2) is 5.69 Å². The van der Waals surface area contributed by atoms with Gasteiger partial charge in [0.05, 0.1) is 5.52 Å². The number of aromatic nitrogens is 1. The van der Waals surface area contributed by atoms with Gasteiger partial charge in [-0.25, -0.2) is 0 Å². The highest BCUT2D eigenvalue weighted by molar-refractivity contribution is 8.15. The van der Waals surface area contributed by atoms with E-state index >= 15 is 0 Å². The summed E-state index contributed by atoms with van der Waals surface area (Å²) in [6.07, 6.45) is -0.211. The van der Waals surface area contributed by atoms with Crippen LogP contribution in [-0.4, -0.2) is 49.9 Å². The summed E-state index contributed by atoms with van der Waals surface area (Å²) in [6.45, 7) is -0.516. The van der Waals surface area contributed by atoms with E-state index in [9.17, 15) is 19.5 Å². The number of H-pyrrole nitrogens is 1. The quantitative estimate of drug-likeness (QED) is 0.581. The van der Waals surface area contributed by atoms with Gasteiger partial charge in [0.2, 0.25) is 17.0 Å². The summed E-state index contributed by atoms with van der Waals surface area (Å²) in [7, 11) is 0. The van der Waals surface area contributed by atoms with Crippen LogP contribution < -0.4 is 5.32 Å². The number of aliphatic carboxylic acids is 1. The van der Waals surface area contributed by atoms with Gasteiger partial charge in [0, 0.05) is 11.8 Å². The Morgan fingerprint density at radius 3 is 2.85 bits per heavy atom. The first-order valence-electron chi connectivity index (χ1n) is 7.43. The fraction of sp³-hybridized carbons (Fsp3) is 0.200. The van der Waals surface area contributed by atoms with Gasteiger partial charge in [-0.3, -0.25) is 14.4 Å². The van der Waals surface area contributed by atoms with E-state index in [1.54, 1.807) is 24.3 Å². The number of hydrogen-bond acceptors (Lipinski definition) is 7. The number of amidine groups is 1. The summed E-state index contributed by atoms with van der Waals surface area (Å²) >= 11 is 0.954. The molecule has 0 bridgehead atoms. The van der Waals surface area contributed by atoms with Crippen molar-refractivity contribution in [1.82, 2.24) is 10.3 Å². The van der Waals surface area contributed by atoms with Gasteiger partial charge in [0.1, 0.15) is 11.8 Å². The van der Waals surface area contributed by atoms with E-state index in [4.69, 9.17) is 5.11 Å². The number of para-hydroxylation sites is 1. The molecule has 11 heteroatoms. The molecule has 0 spiro atoms. The molecule has 134 valence electrons. The van der Waals surface area contributed by atoms with Gasteiger partial charge in [-0.15, -0.1) is 10.2 Å². The van der Waals surface area contributed by atoms with Crippen molar-refractivity contribution in [2.24, 2.45) is 15.2 Å². The highest BCUT2D eigenvalue weighted by atomic mass is 32.2. The molecule has 3 rings (SSSR count). The maximum Gasteiger partial charge on any atom is 0.322 e. The summed E-state index contributed by atoms with van der Waals surface area (Å²) in [5.41, 5.74) is 0.906. The van der Waals surface area contributed by atoms with Crippen molar-refractivity contribution in [2.75, 3.05) is 6.54 Å². The molecule has 1 aromatic heterocycles. The van der Waals surface area contributed by atoms with Crippen LogP contribution in [0, 0.1) is 0 Å². The van der Waals surface area contributed by atoms with E-state index in [1.807, 2.05) is 0 Å². The van der Waals surface area contributed by atoms with Gasteiger partial charge in [-0.05, 0) is 6.07 Å². The molecule has 4 N–H and O–H groups in total. The number of aromatic hydroxyl groups is 1. The normalized spacial score (nSPS) is 17.0. The molecule has 10 nitrogen and oxygen atoms in total. The molecule has 26 heavy (non-hydrogen) atoms. The molecule has 1 aliphatic rings. The SMILES string of the molecule is O=C(O)CNC(=O)C[C@@H]1SC(N=Nc2c(O)[nH]c3ccccc23)=NC1=O. The minimum Gasteiger partial charge on any atom is -0.493 e. The number of nitrogens with one attached hydrogen (secondary N) is 2. The number of nitrogens with zero attached hydrogens (tertiary/aromatic N) is 3. The number of fused-ring (bicyclic) bond motifs is 1. The number of aliphatic imine (C=N–C) groups is 1. The lowest BCUT2D eigenvalue weighted by atomic mass is 10.2. The lowest BCUT2D eigenvalue weighted by Crippen LogP contribution is -2.32. The number of thioether (sulfide) groups is 1. The predicted octanol–water partition coefficient (Wildman–Crippen LogP) is 1.55. The Labute approximate surface area is 150 Å². The zero-order valence-electron chi connectivity index (χ0n) is 13.2. The first kappa shape index (κ1) is 17.6. The summed E-state index contributed by atoms with van der Waals surface area (Å²) in [5, 5.41) is 28.4. The number of carboxylic acid groups (broad SMARTS) is 1. The standard InChI is InChI=1S/C15H13N5O5S/c21-10(16-6-11(22)23)5-9-13(24)18-15(26-9)20-19-12-7-3-1-2-4-8(7)17-14(12)25/h1-4,9,17,25H,5-6H2,(H,16,21)(H,22,23)/t9-/m0/s1. The Balaban J connectivity index is 1.66. The molecule has 1 aromatic carbocycles. The second kappa shape index (κ2) is 7.35. The summed E-state index contributed by atoms with van der Waals surface area (Å²) < 4.78 is 0. The van der Waals surface area contributed by atoms with E-state index in [1.165, 1.54) is 0 Å². The lowest BCUT2D eigenvalue weighted by Gasteiger charge is -2.05. The van der Waals surface area contributed by atoms with Crippen LogP contribution in [0.15, 0.2) is 39.5 Å². The van der Waals surface area contributed by atoms with Crippen LogP contribution in [-0.2, 0) is 14.4 Å². The molecule has 0 saturated heterocycles. The summed E-state index contributed by atoms with van der Waals surface area (Å²) in [6, 6.07) is 7.11. The molecule has 2 amide bonds. The Morgan fingerprint density at radius 1 is 1.31 bits per heavy atom. The zero-order valence-corrected chi connectivity index (χ0v) is 14.0. The molecular formula is C15H13N5O5S. The third-order valence-corrected chi connectivity index (χ3v) is 4.47. The number of amides is 2. The van der Waals surface area contributed by atoms with Gasteiger partial charge in [-0.1, -0.05) is 30.0 Å². The van der Waals surface area contributed by atoms with Crippen LogP contribution in [0.3, 0.4) is 0 Å². The maximum atomic E-state index is 11.8. The third kappa shape index (κ3) is 3.88. The molecule has 0 saturated carbocycles. The van der Waals surface area contributed by atoms with Crippen molar-refractivity contribution in [3.05, 3.63) is 24.3 Å². The molecule has 0 radical (unpaired) electrons. The number of carbonyl (C=O) groups excluding carboxylic acids is 2. The lowest BCUT2D eigenvalue weighted by molar-refractivity contribution is -0.137. The Bertz CT molecular complexity index is 951. The molecule has 2 aromatic rings. The van der Waals surface area contributed by atoms with Gasteiger partial charge < -0.3 is 20.5 Å². The average Bonchev–Trinajstić information content (AvgIpc) is 3.10. The van der Waals surface area contributed by atoms with Crippen molar-refractivity contribution < 1.29 is 24.6 Å². The molecule has 0 aliphatic carbocycles. The van der Waals surface area contributed by atoms with Crippen molar-refractivity contribution in [2.45, 2.75) is 11.7 Å². The Morgan fingerprint density at radius 2 is 2.08 bits per heavy atom. The Kier molecular flexibility index (Phi) is 4.98. The second-order valence-corrected chi connectivity index (χ2v) is 6.45. The first-order chi connectivity index (χ1) is 12.4. The molecule has 2 heterocycles. The summed E-state index contributed by atoms with van der Waals surface area (Å²) in [5.74, 6) is -2.44. The van der Waals surface area contributed by atoms with Gasteiger partial charge in [-0.2, -0.15) is 4.99 Å². The van der Waals surface area contributed by atoms with E-state index in [0.29, 0.717) is 10.9 Å². The number of aromatic amines is 1. The highest BCUT2D eigenvalue weighted by Gasteiger charge is 2.31. The molecular weight excluding hydrogens is 362 g/mol. The number of benzene rings is 1. The van der Waals surface area contributed by atoms with Crippen molar-refractivity contribution in [1.29, 1.82) is 0 Å². The highest BCUT2D eigenvalue weighted by Crippen LogP contribution is 2.36. The van der Waals surface area contributed by atoms with E-state index < -0.39 is 29.6 Å². The number of hydrogen-bond donors (Lipinski definition) is 4. The van der Waals surface area contributed by atoms with Crippen LogP contribution in [0.4, 0.5) is 5.69 Å². The van der Waals surface area contributed by atoms with E-state index in [0.717, 1.165) is 11.8 Å². The molecule has 1 aliphatic heterocycles. The van der Waals surface area contributed by atoms with Gasteiger partial charge in [0.25, 0.3) is 5.91 Å². The molecule has 0 fully saturated rings.